The fourth-order valence-corrected chi connectivity index (χ4v) is 4.08. The summed E-state index contributed by atoms with van der Waals surface area (Å²) in [7, 11) is -1.74. The van der Waals surface area contributed by atoms with Crippen molar-refractivity contribution in [2.75, 3.05) is 39.3 Å². The van der Waals surface area contributed by atoms with Crippen molar-refractivity contribution < 1.29 is 14.7 Å². The Kier molecular flexibility index (Phi) is 29.7. The molecule has 0 aromatic heterocycles. The Morgan fingerprint density at radius 2 is 0.789 bits per heavy atom. The van der Waals surface area contributed by atoms with Crippen molar-refractivity contribution in [2.45, 2.75) is 132 Å². The minimum absolute atomic E-state index is 0.475. The number of aryl methyl sites for hydroxylation is 2. The smallest absolute Gasteiger partial charge is 0.512 e. The van der Waals surface area contributed by atoms with Gasteiger partial charge in [0.2, 0.25) is 0 Å². The number of rotatable bonds is 20. The second-order valence-electron chi connectivity index (χ2n) is 10.6. The van der Waals surface area contributed by atoms with Crippen LogP contribution in [0.15, 0.2) is 18.2 Å². The van der Waals surface area contributed by atoms with E-state index in [0.29, 0.717) is 5.75 Å². The molecule has 0 fully saturated rings. The molecule has 0 aliphatic heterocycles. The summed E-state index contributed by atoms with van der Waals surface area (Å²) in [6, 6.07) is 5.47. The lowest BCUT2D eigenvalue weighted by atomic mass is 10.1. The zero-order valence-corrected chi connectivity index (χ0v) is 26.7. The Morgan fingerprint density at radius 1 is 0.526 bits per heavy atom. The van der Waals surface area contributed by atoms with Gasteiger partial charge < -0.3 is 24.5 Å². The fourth-order valence-electron chi connectivity index (χ4n) is 4.08. The first-order valence-electron chi connectivity index (χ1n) is 15.8. The Labute approximate surface area is 238 Å². The van der Waals surface area contributed by atoms with E-state index < -0.39 is 7.32 Å². The van der Waals surface area contributed by atoms with E-state index in [2.05, 4.69) is 56.0 Å². The van der Waals surface area contributed by atoms with Gasteiger partial charge in [0.1, 0.15) is 5.75 Å². The van der Waals surface area contributed by atoms with Crippen LogP contribution < -0.4 is 4.65 Å². The van der Waals surface area contributed by atoms with Gasteiger partial charge in [0, 0.05) is 0 Å². The maximum absolute atomic E-state index is 8.52. The Balaban J connectivity index is 0. The molecule has 6 heteroatoms. The quantitative estimate of drug-likeness (QED) is 0.165. The summed E-state index contributed by atoms with van der Waals surface area (Å²) in [5.41, 5.74) is 2.07. The van der Waals surface area contributed by atoms with Crippen molar-refractivity contribution in [2.24, 2.45) is 0 Å². The molecule has 0 amide bonds. The zero-order chi connectivity index (χ0) is 29.0. The molecule has 5 nitrogen and oxygen atoms in total. The van der Waals surface area contributed by atoms with Crippen molar-refractivity contribution in [3.63, 3.8) is 0 Å². The van der Waals surface area contributed by atoms with Crippen LogP contribution in [0.5, 0.6) is 5.75 Å². The van der Waals surface area contributed by atoms with Crippen LogP contribution in [0.3, 0.4) is 0 Å². The predicted molar refractivity (Wildman–Crippen MR) is 169 cm³/mol. The first kappa shape index (κ1) is 39.1. The number of unbranched alkanes of at least 4 members (excludes halogenated alkanes) is 6. The molecule has 1 rings (SSSR count). The second-order valence-corrected chi connectivity index (χ2v) is 10.6. The average molecular weight is 537 g/mol. The lowest BCUT2D eigenvalue weighted by molar-refractivity contribution is 0.261. The summed E-state index contributed by atoms with van der Waals surface area (Å²) in [5.74, 6) is 0.475. The van der Waals surface area contributed by atoms with E-state index in [9.17, 15) is 0 Å². The summed E-state index contributed by atoms with van der Waals surface area (Å²) in [4.78, 5) is 5.27. The van der Waals surface area contributed by atoms with Crippen molar-refractivity contribution in [3.8, 4) is 5.75 Å². The minimum atomic E-state index is -1.74. The first-order chi connectivity index (χ1) is 18.3. The van der Waals surface area contributed by atoms with Crippen LogP contribution in [0.25, 0.3) is 0 Å². The average Bonchev–Trinajstić information content (AvgIpc) is 2.87. The van der Waals surface area contributed by atoms with Crippen molar-refractivity contribution >= 4 is 7.32 Å². The molecular weight excluding hydrogens is 471 g/mol. The van der Waals surface area contributed by atoms with Gasteiger partial charge in [0.25, 0.3) is 0 Å². The van der Waals surface area contributed by atoms with E-state index in [0.717, 1.165) is 11.1 Å². The van der Waals surface area contributed by atoms with E-state index in [4.69, 9.17) is 10.0 Å². The van der Waals surface area contributed by atoms with Gasteiger partial charge in [-0.2, -0.15) is 0 Å². The third kappa shape index (κ3) is 26.5. The SMILES string of the molecule is CCCCN(CCCC)CCCC.CCCCN(CCCC)CCCC.Cc1cc(C)cc(OB(O)O)c1. The molecule has 1 aromatic rings. The Morgan fingerprint density at radius 3 is 1.00 bits per heavy atom. The molecule has 0 heterocycles. The summed E-state index contributed by atoms with van der Waals surface area (Å²) in [6.07, 6.45) is 16.2. The third-order valence-electron chi connectivity index (χ3n) is 6.40. The fraction of sp³-hybridized carbons (Fsp3) is 0.812. The molecule has 2 N–H and O–H groups in total. The maximum Gasteiger partial charge on any atom is 0.707 e. The van der Waals surface area contributed by atoms with Crippen LogP contribution >= 0.6 is 0 Å². The normalized spacial score (nSPS) is 10.6. The predicted octanol–water partition coefficient (Wildman–Crippen LogP) is 8.03. The number of hydrogen-bond acceptors (Lipinski definition) is 5. The molecule has 0 saturated carbocycles. The van der Waals surface area contributed by atoms with E-state index in [-0.39, 0.29) is 0 Å². The highest BCUT2D eigenvalue weighted by atomic mass is 16.6. The van der Waals surface area contributed by atoms with E-state index in [1.165, 1.54) is 116 Å². The molecular formula is C32H65BN2O3. The lowest BCUT2D eigenvalue weighted by Crippen LogP contribution is -2.27. The van der Waals surface area contributed by atoms with Crippen LogP contribution in [0.4, 0.5) is 0 Å². The van der Waals surface area contributed by atoms with Gasteiger partial charge in [-0.3, -0.25) is 0 Å². The zero-order valence-electron chi connectivity index (χ0n) is 26.7. The molecule has 0 atom stereocenters. The third-order valence-corrected chi connectivity index (χ3v) is 6.40. The van der Waals surface area contributed by atoms with Crippen molar-refractivity contribution in [1.29, 1.82) is 0 Å². The highest BCUT2D eigenvalue weighted by molar-refractivity contribution is 6.33. The van der Waals surface area contributed by atoms with Gasteiger partial charge in [0.05, 0.1) is 0 Å². The summed E-state index contributed by atoms with van der Waals surface area (Å²) in [6.45, 7) is 25.4. The number of hydrogen-bond donors (Lipinski definition) is 2. The van der Waals surface area contributed by atoms with Crippen LogP contribution in [-0.4, -0.2) is 66.4 Å². The molecule has 0 aliphatic carbocycles. The maximum atomic E-state index is 8.52. The monoisotopic (exact) mass is 537 g/mol. The van der Waals surface area contributed by atoms with Gasteiger partial charge in [-0.25, -0.2) is 0 Å². The molecule has 0 saturated heterocycles. The molecule has 38 heavy (non-hydrogen) atoms. The minimum Gasteiger partial charge on any atom is -0.512 e. The second kappa shape index (κ2) is 28.9. The topological polar surface area (TPSA) is 56.2 Å². The van der Waals surface area contributed by atoms with Gasteiger partial charge >= 0.3 is 7.32 Å². The summed E-state index contributed by atoms with van der Waals surface area (Å²) < 4.78 is 4.69. The van der Waals surface area contributed by atoms with Gasteiger partial charge in [-0.15, -0.1) is 0 Å². The highest BCUT2D eigenvalue weighted by Crippen LogP contribution is 2.16. The van der Waals surface area contributed by atoms with Gasteiger partial charge in [-0.05, 0) is 115 Å². The molecule has 224 valence electrons. The van der Waals surface area contributed by atoms with Crippen molar-refractivity contribution in [3.05, 3.63) is 29.3 Å². The molecule has 0 unspecified atom stereocenters. The Bertz CT molecular complexity index is 534. The molecule has 0 aliphatic rings. The van der Waals surface area contributed by atoms with Crippen LogP contribution in [0.2, 0.25) is 0 Å². The highest BCUT2D eigenvalue weighted by Gasteiger charge is 2.11. The summed E-state index contributed by atoms with van der Waals surface area (Å²) >= 11 is 0. The van der Waals surface area contributed by atoms with Gasteiger partial charge in [-0.1, -0.05) is 86.1 Å². The van der Waals surface area contributed by atoms with E-state index in [1.807, 2.05) is 19.9 Å². The van der Waals surface area contributed by atoms with Crippen LogP contribution in [0, 0.1) is 13.8 Å². The first-order valence-corrected chi connectivity index (χ1v) is 15.8. The molecule has 1 aromatic carbocycles. The lowest BCUT2D eigenvalue weighted by Gasteiger charge is -2.21. The standard InChI is InChI=1S/2C12H27N.C8H11BO3/c2*1-4-7-10-13(11-8-5-2)12-9-6-3;1-6-3-7(2)5-8(4-6)12-9(10)11/h2*4-12H2,1-3H3;3-5,10-11H,1-2H3. The van der Waals surface area contributed by atoms with Crippen molar-refractivity contribution in [1.82, 2.24) is 9.80 Å². The summed E-state index contributed by atoms with van der Waals surface area (Å²) in [5, 5.41) is 17.0. The molecule has 0 spiro atoms. The Hall–Kier alpha value is -1.08. The molecule has 0 radical (unpaired) electrons. The largest absolute Gasteiger partial charge is 0.707 e. The van der Waals surface area contributed by atoms with Gasteiger partial charge in [0.15, 0.2) is 0 Å². The number of nitrogens with zero attached hydrogens (tertiary/aromatic N) is 2. The van der Waals surface area contributed by atoms with Crippen LogP contribution in [-0.2, 0) is 0 Å². The molecule has 0 bridgehead atoms. The van der Waals surface area contributed by atoms with Crippen LogP contribution in [0.1, 0.15) is 130 Å². The van der Waals surface area contributed by atoms with E-state index >= 15 is 0 Å². The number of benzene rings is 1. The van der Waals surface area contributed by atoms with E-state index in [1.54, 1.807) is 12.1 Å².